The van der Waals surface area contributed by atoms with Crippen molar-refractivity contribution in [2.45, 2.75) is 44.3 Å². The van der Waals surface area contributed by atoms with Crippen LogP contribution in [0.3, 0.4) is 0 Å². The van der Waals surface area contributed by atoms with Crippen LogP contribution >= 0.6 is 34.2 Å². The van der Waals surface area contributed by atoms with E-state index in [9.17, 15) is 0 Å². The van der Waals surface area contributed by atoms with Crippen molar-refractivity contribution < 1.29 is 4.74 Å². The Kier molecular flexibility index (Phi) is 4.62. The molecule has 0 spiro atoms. The van der Waals surface area contributed by atoms with Gasteiger partial charge >= 0.3 is 0 Å². The molecule has 0 aliphatic heterocycles. The van der Waals surface area contributed by atoms with Gasteiger partial charge in [-0.25, -0.2) is 0 Å². The number of halogens is 2. The molecule has 0 radical (unpaired) electrons. The van der Waals surface area contributed by atoms with Gasteiger partial charge < -0.3 is 4.74 Å². The van der Waals surface area contributed by atoms with Crippen LogP contribution in [0.25, 0.3) is 0 Å². The molecule has 0 N–H and O–H groups in total. The molecule has 3 heteroatoms. The Hall–Kier alpha value is 0.980. The number of hydrogen-bond donors (Lipinski definition) is 0. The molecule has 0 aromatic rings. The van der Waals surface area contributed by atoms with Crippen molar-refractivity contribution >= 4 is 34.2 Å². The number of hydrogen-bond acceptors (Lipinski definition) is 1. The first-order valence-corrected chi connectivity index (χ1v) is 6.56. The lowest BCUT2D eigenvalue weighted by Gasteiger charge is -2.29. The highest BCUT2D eigenvalue weighted by atomic mass is 127. The van der Waals surface area contributed by atoms with E-state index in [-0.39, 0.29) is 5.60 Å². The lowest BCUT2D eigenvalue weighted by Crippen LogP contribution is -2.36. The van der Waals surface area contributed by atoms with E-state index in [1.54, 1.807) is 0 Å². The first-order valence-electron chi connectivity index (χ1n) is 4.50. The second-order valence-electron chi connectivity index (χ2n) is 3.74. The van der Waals surface area contributed by atoms with Gasteiger partial charge in [0.05, 0.1) is 17.6 Å². The van der Waals surface area contributed by atoms with Crippen LogP contribution < -0.4 is 0 Å². The Morgan fingerprint density at radius 2 is 2.08 bits per heavy atom. The van der Waals surface area contributed by atoms with Crippen LogP contribution in [0.15, 0.2) is 0 Å². The zero-order chi connectivity index (χ0) is 9.03. The topological polar surface area (TPSA) is 9.23 Å². The number of ether oxygens (including phenoxy) is 1. The summed E-state index contributed by atoms with van der Waals surface area (Å²) in [5, 5.41) is 0. The fourth-order valence-corrected chi connectivity index (χ4v) is 2.43. The molecule has 1 saturated carbocycles. The quantitative estimate of drug-likeness (QED) is 0.571. The molecule has 0 aromatic heterocycles. The van der Waals surface area contributed by atoms with E-state index >= 15 is 0 Å². The van der Waals surface area contributed by atoms with Crippen LogP contribution in [0, 0.1) is 0 Å². The smallest absolute Gasteiger partial charge is 0.0881 e. The molecule has 12 heavy (non-hydrogen) atoms. The normalized spacial score (nSPS) is 24.2. The van der Waals surface area contributed by atoms with Crippen LogP contribution in [0.2, 0.25) is 0 Å². The van der Waals surface area contributed by atoms with E-state index in [4.69, 9.17) is 16.3 Å². The molecular formula is C9H16ClIO. The Bertz CT molecular complexity index is 130. The number of rotatable bonds is 4. The Morgan fingerprint density at radius 3 is 2.50 bits per heavy atom. The second kappa shape index (κ2) is 5.01. The van der Waals surface area contributed by atoms with Gasteiger partial charge in [-0.3, -0.25) is 0 Å². The zero-order valence-corrected chi connectivity index (χ0v) is 10.4. The zero-order valence-electron chi connectivity index (χ0n) is 7.48. The molecule has 0 saturated heterocycles. The van der Waals surface area contributed by atoms with Gasteiger partial charge in [0.25, 0.3) is 0 Å². The lowest BCUT2D eigenvalue weighted by molar-refractivity contribution is -0.0485. The van der Waals surface area contributed by atoms with E-state index in [1.807, 2.05) is 0 Å². The van der Waals surface area contributed by atoms with Crippen molar-refractivity contribution in [2.24, 2.45) is 0 Å². The van der Waals surface area contributed by atoms with Crippen molar-refractivity contribution in [3.8, 4) is 0 Å². The molecule has 1 aliphatic carbocycles. The summed E-state index contributed by atoms with van der Waals surface area (Å²) in [7, 11) is 0. The van der Waals surface area contributed by atoms with Gasteiger partial charge in [-0.1, -0.05) is 35.4 Å². The van der Waals surface area contributed by atoms with Gasteiger partial charge in [-0.15, -0.1) is 11.6 Å². The third-order valence-corrected chi connectivity index (χ3v) is 4.50. The van der Waals surface area contributed by atoms with Gasteiger partial charge in [0.2, 0.25) is 0 Å². The standard InChI is InChI=1S/C9H16ClIO/c1-9(6-10,7-11)12-8-4-2-3-5-8/h8H,2-7H2,1H3. The van der Waals surface area contributed by atoms with Crippen molar-refractivity contribution in [3.05, 3.63) is 0 Å². The molecule has 0 heterocycles. The molecule has 72 valence electrons. The molecule has 0 bridgehead atoms. The first kappa shape index (κ1) is 11.1. The third kappa shape index (κ3) is 3.04. The van der Waals surface area contributed by atoms with Crippen LogP contribution in [0.1, 0.15) is 32.6 Å². The van der Waals surface area contributed by atoms with Crippen LogP contribution in [0.4, 0.5) is 0 Å². The highest BCUT2D eigenvalue weighted by molar-refractivity contribution is 14.1. The van der Waals surface area contributed by atoms with Crippen molar-refractivity contribution in [2.75, 3.05) is 10.3 Å². The van der Waals surface area contributed by atoms with Crippen LogP contribution in [-0.2, 0) is 4.74 Å². The number of alkyl halides is 2. The summed E-state index contributed by atoms with van der Waals surface area (Å²) in [4.78, 5) is 0. The Balaban J connectivity index is 2.35. The molecule has 0 amide bonds. The van der Waals surface area contributed by atoms with Crippen molar-refractivity contribution in [3.63, 3.8) is 0 Å². The maximum absolute atomic E-state index is 5.96. The largest absolute Gasteiger partial charge is 0.370 e. The predicted molar refractivity (Wildman–Crippen MR) is 61.4 cm³/mol. The SMILES string of the molecule is CC(CCl)(CI)OC1CCCC1. The maximum Gasteiger partial charge on any atom is 0.0881 e. The summed E-state index contributed by atoms with van der Waals surface area (Å²) in [6.07, 6.45) is 5.57. The molecule has 1 nitrogen and oxygen atoms in total. The average Bonchev–Trinajstić information content (AvgIpc) is 2.57. The molecular weight excluding hydrogens is 286 g/mol. The molecule has 1 rings (SSSR count). The van der Waals surface area contributed by atoms with E-state index in [0.717, 1.165) is 4.43 Å². The van der Waals surface area contributed by atoms with E-state index in [0.29, 0.717) is 12.0 Å². The Morgan fingerprint density at radius 1 is 1.50 bits per heavy atom. The molecule has 1 fully saturated rings. The maximum atomic E-state index is 5.96. The second-order valence-corrected chi connectivity index (χ2v) is 4.77. The first-order chi connectivity index (χ1) is 5.70. The predicted octanol–water partition coefficient (Wildman–Crippen LogP) is 3.38. The minimum atomic E-state index is -0.100. The summed E-state index contributed by atoms with van der Waals surface area (Å²) < 4.78 is 6.93. The van der Waals surface area contributed by atoms with E-state index < -0.39 is 0 Å². The van der Waals surface area contributed by atoms with Crippen LogP contribution in [0.5, 0.6) is 0 Å². The van der Waals surface area contributed by atoms with Gasteiger partial charge in [0, 0.05) is 4.43 Å². The highest BCUT2D eigenvalue weighted by Crippen LogP contribution is 2.27. The average molecular weight is 303 g/mol. The molecule has 0 aromatic carbocycles. The van der Waals surface area contributed by atoms with Gasteiger partial charge in [0.15, 0.2) is 0 Å². The van der Waals surface area contributed by atoms with Crippen LogP contribution in [-0.4, -0.2) is 22.0 Å². The summed E-state index contributed by atoms with van der Waals surface area (Å²) in [5.41, 5.74) is -0.100. The van der Waals surface area contributed by atoms with E-state index in [2.05, 4.69) is 29.5 Å². The minimum Gasteiger partial charge on any atom is -0.370 e. The minimum absolute atomic E-state index is 0.100. The van der Waals surface area contributed by atoms with Gasteiger partial charge in [0.1, 0.15) is 0 Å². The summed E-state index contributed by atoms with van der Waals surface area (Å²) in [6.45, 7) is 2.10. The third-order valence-electron chi connectivity index (χ3n) is 2.32. The highest BCUT2D eigenvalue weighted by Gasteiger charge is 2.28. The summed E-state index contributed by atoms with van der Waals surface area (Å²) in [5.74, 6) is 0.604. The van der Waals surface area contributed by atoms with Gasteiger partial charge in [-0.2, -0.15) is 0 Å². The van der Waals surface area contributed by atoms with Gasteiger partial charge in [-0.05, 0) is 19.8 Å². The monoisotopic (exact) mass is 302 g/mol. The van der Waals surface area contributed by atoms with Crippen molar-refractivity contribution in [1.82, 2.24) is 0 Å². The summed E-state index contributed by atoms with van der Waals surface area (Å²) in [6, 6.07) is 0. The van der Waals surface area contributed by atoms with Crippen molar-refractivity contribution in [1.29, 1.82) is 0 Å². The molecule has 1 aliphatic rings. The lowest BCUT2D eigenvalue weighted by atomic mass is 10.1. The fraction of sp³-hybridized carbons (Fsp3) is 1.00. The Labute approximate surface area is 93.3 Å². The molecule has 1 unspecified atom stereocenters. The summed E-state index contributed by atoms with van der Waals surface area (Å²) >= 11 is 8.20. The molecule has 1 atom stereocenters. The fourth-order valence-electron chi connectivity index (χ4n) is 1.51. The van der Waals surface area contributed by atoms with E-state index in [1.165, 1.54) is 25.7 Å².